The molecule has 5 heteroatoms. The number of primary amides is 1. The average molecular weight is 206 g/mol. The van der Waals surface area contributed by atoms with E-state index < -0.39 is 5.91 Å². The first-order valence-electron chi connectivity index (χ1n) is 4.59. The van der Waals surface area contributed by atoms with Gasteiger partial charge < -0.3 is 16.8 Å². The number of hydrogen-bond acceptors (Lipinski definition) is 4. The van der Waals surface area contributed by atoms with E-state index in [0.29, 0.717) is 24.5 Å². The minimum absolute atomic E-state index is 0.388. The summed E-state index contributed by atoms with van der Waals surface area (Å²) in [4.78, 5) is 15.0. The number of amides is 1. The zero-order chi connectivity index (χ0) is 11.1. The smallest absolute Gasteiger partial charge is 0.252 e. The highest BCUT2D eigenvalue weighted by atomic mass is 16.1. The summed E-state index contributed by atoms with van der Waals surface area (Å²) in [6.45, 7) is 1.06. The van der Waals surface area contributed by atoms with Crippen molar-refractivity contribution in [3.05, 3.63) is 36.0 Å². The molecule has 1 aromatic heterocycles. The summed E-state index contributed by atoms with van der Waals surface area (Å²) in [5.74, 6) is 0.0000703. The molecule has 1 rings (SSSR count). The van der Waals surface area contributed by atoms with Crippen molar-refractivity contribution >= 4 is 11.7 Å². The van der Waals surface area contributed by atoms with Gasteiger partial charge in [-0.3, -0.25) is 4.79 Å². The normalized spacial score (nSPS) is 10.5. The fourth-order valence-electron chi connectivity index (χ4n) is 1.08. The predicted molar refractivity (Wildman–Crippen MR) is 59.4 cm³/mol. The first-order valence-corrected chi connectivity index (χ1v) is 4.59. The van der Waals surface area contributed by atoms with E-state index in [-0.39, 0.29) is 0 Å². The largest absolute Gasteiger partial charge is 0.366 e. The van der Waals surface area contributed by atoms with E-state index in [2.05, 4.69) is 10.3 Å². The number of aromatic nitrogens is 1. The fraction of sp³-hybridized carbons (Fsp3) is 0.200. The fourth-order valence-corrected chi connectivity index (χ4v) is 1.08. The molecule has 0 aliphatic carbocycles. The SMILES string of the molecule is NC/C=C/CNc1ncccc1C(N)=O. The van der Waals surface area contributed by atoms with Crippen LogP contribution in [-0.4, -0.2) is 24.0 Å². The summed E-state index contributed by atoms with van der Waals surface area (Å²) in [5, 5.41) is 2.98. The summed E-state index contributed by atoms with van der Waals surface area (Å²) in [6.07, 6.45) is 5.28. The number of nitrogens with two attached hydrogens (primary N) is 2. The van der Waals surface area contributed by atoms with Crippen LogP contribution in [0.4, 0.5) is 5.82 Å². The third-order valence-corrected chi connectivity index (χ3v) is 1.76. The zero-order valence-electron chi connectivity index (χ0n) is 8.31. The lowest BCUT2D eigenvalue weighted by Crippen LogP contribution is -2.15. The van der Waals surface area contributed by atoms with Gasteiger partial charge in [0.25, 0.3) is 5.91 Å². The zero-order valence-corrected chi connectivity index (χ0v) is 8.31. The Kier molecular flexibility index (Phi) is 4.30. The van der Waals surface area contributed by atoms with Crippen LogP contribution in [0.1, 0.15) is 10.4 Å². The van der Waals surface area contributed by atoms with Gasteiger partial charge in [0, 0.05) is 19.3 Å². The molecule has 1 aromatic rings. The second-order valence-corrected chi connectivity index (χ2v) is 2.85. The van der Waals surface area contributed by atoms with Gasteiger partial charge in [-0.05, 0) is 12.1 Å². The summed E-state index contributed by atoms with van der Waals surface area (Å²) in [6, 6.07) is 3.30. The Morgan fingerprint density at radius 2 is 2.33 bits per heavy atom. The van der Waals surface area contributed by atoms with Gasteiger partial charge in [-0.25, -0.2) is 4.98 Å². The Hall–Kier alpha value is -1.88. The lowest BCUT2D eigenvalue weighted by molar-refractivity contribution is 0.100. The minimum atomic E-state index is -0.492. The Bertz CT molecular complexity index is 362. The molecule has 5 N–H and O–H groups in total. The molecule has 80 valence electrons. The molecule has 0 aromatic carbocycles. The maximum atomic E-state index is 11.0. The third kappa shape index (κ3) is 3.40. The highest BCUT2D eigenvalue weighted by Gasteiger charge is 2.06. The molecule has 15 heavy (non-hydrogen) atoms. The lowest BCUT2D eigenvalue weighted by Gasteiger charge is -2.05. The number of nitrogens with one attached hydrogen (secondary N) is 1. The third-order valence-electron chi connectivity index (χ3n) is 1.76. The highest BCUT2D eigenvalue weighted by molar-refractivity contribution is 5.97. The van der Waals surface area contributed by atoms with E-state index in [4.69, 9.17) is 11.5 Å². The van der Waals surface area contributed by atoms with Crippen molar-refractivity contribution < 1.29 is 4.79 Å². The second kappa shape index (κ2) is 5.77. The van der Waals surface area contributed by atoms with E-state index in [9.17, 15) is 4.79 Å². The Balaban J connectivity index is 2.67. The van der Waals surface area contributed by atoms with Gasteiger partial charge in [0.1, 0.15) is 5.82 Å². The molecule has 0 aliphatic rings. The van der Waals surface area contributed by atoms with Crippen LogP contribution in [0.15, 0.2) is 30.5 Å². The highest BCUT2D eigenvalue weighted by Crippen LogP contribution is 2.09. The van der Waals surface area contributed by atoms with E-state index in [1.165, 1.54) is 0 Å². The van der Waals surface area contributed by atoms with Crippen LogP contribution in [0.3, 0.4) is 0 Å². The van der Waals surface area contributed by atoms with Gasteiger partial charge in [-0.15, -0.1) is 0 Å². The second-order valence-electron chi connectivity index (χ2n) is 2.85. The summed E-state index contributed by atoms with van der Waals surface area (Å²) in [7, 11) is 0. The van der Waals surface area contributed by atoms with Gasteiger partial charge >= 0.3 is 0 Å². The summed E-state index contributed by atoms with van der Waals surface area (Å²) in [5.41, 5.74) is 10.9. The van der Waals surface area contributed by atoms with Crippen molar-refractivity contribution in [3.63, 3.8) is 0 Å². The molecule has 0 unspecified atom stereocenters. The van der Waals surface area contributed by atoms with Gasteiger partial charge in [0.15, 0.2) is 0 Å². The van der Waals surface area contributed by atoms with E-state index in [1.54, 1.807) is 18.3 Å². The quantitative estimate of drug-likeness (QED) is 0.596. The molecule has 0 saturated heterocycles. The van der Waals surface area contributed by atoms with E-state index >= 15 is 0 Å². The van der Waals surface area contributed by atoms with Crippen molar-refractivity contribution in [2.45, 2.75) is 0 Å². The summed E-state index contributed by atoms with van der Waals surface area (Å²) < 4.78 is 0. The number of carbonyl (C=O) groups excluding carboxylic acids is 1. The number of anilines is 1. The van der Waals surface area contributed by atoms with Crippen LogP contribution in [0.5, 0.6) is 0 Å². The molecule has 0 fully saturated rings. The van der Waals surface area contributed by atoms with Crippen molar-refractivity contribution in [2.75, 3.05) is 18.4 Å². The standard InChI is InChI=1S/C10H14N4O/c11-5-1-2-6-13-10-8(9(12)15)4-3-7-14-10/h1-4,7H,5-6,11H2,(H2,12,15)(H,13,14)/b2-1+. The van der Waals surface area contributed by atoms with Crippen LogP contribution in [0, 0.1) is 0 Å². The average Bonchev–Trinajstić information content (AvgIpc) is 2.25. The monoisotopic (exact) mass is 206 g/mol. The van der Waals surface area contributed by atoms with Crippen molar-refractivity contribution in [2.24, 2.45) is 11.5 Å². The molecular weight excluding hydrogens is 192 g/mol. The van der Waals surface area contributed by atoms with Gasteiger partial charge in [-0.1, -0.05) is 12.2 Å². The van der Waals surface area contributed by atoms with Gasteiger partial charge in [0.05, 0.1) is 5.56 Å². The topological polar surface area (TPSA) is 94.0 Å². The molecule has 1 heterocycles. The van der Waals surface area contributed by atoms with Crippen LogP contribution in [0.2, 0.25) is 0 Å². The number of rotatable bonds is 5. The molecular formula is C10H14N4O. The first-order chi connectivity index (χ1) is 7.25. The van der Waals surface area contributed by atoms with Crippen LogP contribution in [-0.2, 0) is 0 Å². The molecule has 0 saturated carbocycles. The van der Waals surface area contributed by atoms with E-state index in [0.717, 1.165) is 0 Å². The Morgan fingerprint density at radius 3 is 3.00 bits per heavy atom. The molecule has 0 atom stereocenters. The molecule has 5 nitrogen and oxygen atoms in total. The minimum Gasteiger partial charge on any atom is -0.366 e. The Labute approximate surface area is 88.2 Å². The van der Waals surface area contributed by atoms with Crippen LogP contribution < -0.4 is 16.8 Å². The maximum Gasteiger partial charge on any atom is 0.252 e. The van der Waals surface area contributed by atoms with Crippen molar-refractivity contribution in [1.29, 1.82) is 0 Å². The van der Waals surface area contributed by atoms with Crippen molar-refractivity contribution in [1.82, 2.24) is 4.98 Å². The van der Waals surface area contributed by atoms with E-state index in [1.807, 2.05) is 12.2 Å². The predicted octanol–water partition coefficient (Wildman–Crippen LogP) is 0.107. The maximum absolute atomic E-state index is 11.0. The van der Waals surface area contributed by atoms with Gasteiger partial charge in [0.2, 0.25) is 0 Å². The number of carbonyl (C=O) groups is 1. The molecule has 1 amide bonds. The molecule has 0 aliphatic heterocycles. The number of nitrogens with zero attached hydrogens (tertiary/aromatic N) is 1. The van der Waals surface area contributed by atoms with Crippen LogP contribution >= 0.6 is 0 Å². The summed E-state index contributed by atoms with van der Waals surface area (Å²) >= 11 is 0. The van der Waals surface area contributed by atoms with Gasteiger partial charge in [-0.2, -0.15) is 0 Å². The lowest BCUT2D eigenvalue weighted by atomic mass is 10.2. The van der Waals surface area contributed by atoms with Crippen molar-refractivity contribution in [3.8, 4) is 0 Å². The Morgan fingerprint density at radius 1 is 1.53 bits per heavy atom. The molecule has 0 spiro atoms. The first kappa shape index (κ1) is 11.2. The van der Waals surface area contributed by atoms with Crippen LogP contribution in [0.25, 0.3) is 0 Å². The number of hydrogen-bond donors (Lipinski definition) is 3. The number of pyridine rings is 1. The molecule has 0 radical (unpaired) electrons. The molecule has 0 bridgehead atoms.